The van der Waals surface area contributed by atoms with Crippen LogP contribution in [0, 0.1) is 0 Å². The molecule has 0 heterocycles. The van der Waals surface area contributed by atoms with Gasteiger partial charge in [-0.3, -0.25) is 0 Å². The van der Waals surface area contributed by atoms with Crippen LogP contribution in [0.2, 0.25) is 0 Å². The van der Waals surface area contributed by atoms with E-state index in [0.29, 0.717) is 0 Å². The first-order valence-electron chi connectivity index (χ1n) is 2.18. The van der Waals surface area contributed by atoms with Crippen LogP contribution in [0.15, 0.2) is 0 Å². The first-order chi connectivity index (χ1) is 4.54. The summed E-state index contributed by atoms with van der Waals surface area (Å²) in [5.41, 5.74) is 0. The van der Waals surface area contributed by atoms with Gasteiger partial charge in [0.25, 0.3) is 0 Å². The maximum Gasteiger partial charge on any atom is 0.339 e. The van der Waals surface area contributed by atoms with E-state index in [9.17, 15) is 9.59 Å². The van der Waals surface area contributed by atoms with E-state index >= 15 is 0 Å². The fourth-order valence-electron chi connectivity index (χ4n) is 0. The summed E-state index contributed by atoms with van der Waals surface area (Å²) in [6.07, 6.45) is 0. The van der Waals surface area contributed by atoms with Crippen molar-refractivity contribution < 1.29 is 29.9 Å². The van der Waals surface area contributed by atoms with E-state index < -0.39 is 11.9 Å². The normalized spacial score (nSPS) is 6.80. The van der Waals surface area contributed by atoms with Crippen LogP contribution in [-0.4, -0.2) is 22.5 Å². The molecule has 6 nitrogen and oxygen atoms in total. The summed E-state index contributed by atoms with van der Waals surface area (Å²) >= 11 is 0. The second-order valence-corrected chi connectivity index (χ2v) is 1.17. The zero-order chi connectivity index (χ0) is 8.57. The minimum Gasteiger partial charge on any atom is -0.301 e. The fourth-order valence-corrected chi connectivity index (χ4v) is 0. The highest BCUT2D eigenvalue weighted by Gasteiger charge is 1.79. The van der Waals surface area contributed by atoms with Gasteiger partial charge in [-0.25, -0.2) is 9.59 Å². The summed E-state index contributed by atoms with van der Waals surface area (Å²) in [5.74, 6) is -1.38. The van der Waals surface area contributed by atoms with E-state index in [4.69, 9.17) is 10.5 Å². The van der Waals surface area contributed by atoms with E-state index in [1.165, 1.54) is 0 Å². The van der Waals surface area contributed by atoms with E-state index in [0.717, 1.165) is 13.8 Å². The Hall–Kier alpha value is -1.14. The smallest absolute Gasteiger partial charge is 0.301 e. The van der Waals surface area contributed by atoms with E-state index in [2.05, 4.69) is 9.78 Å². The van der Waals surface area contributed by atoms with Crippen molar-refractivity contribution in [3.05, 3.63) is 0 Å². The Bertz CT molecular complexity index is 94.3. The number of carbonyl (C=O) groups excluding carboxylic acids is 2. The van der Waals surface area contributed by atoms with Gasteiger partial charge in [0.1, 0.15) is 0 Å². The molecule has 0 fully saturated rings. The summed E-state index contributed by atoms with van der Waals surface area (Å²) < 4.78 is 0. The van der Waals surface area contributed by atoms with Crippen molar-refractivity contribution in [3.8, 4) is 0 Å². The summed E-state index contributed by atoms with van der Waals surface area (Å²) in [6, 6.07) is 0. The zero-order valence-corrected chi connectivity index (χ0v) is 5.53. The van der Waals surface area contributed by atoms with Gasteiger partial charge in [-0.1, -0.05) is 0 Å². The summed E-state index contributed by atoms with van der Waals surface area (Å²) in [4.78, 5) is 24.9. The molecule has 10 heavy (non-hydrogen) atoms. The molecular formula is C4H8O6. The van der Waals surface area contributed by atoms with Gasteiger partial charge in [0.15, 0.2) is 0 Å². The van der Waals surface area contributed by atoms with Crippen LogP contribution in [-0.2, 0) is 19.4 Å². The van der Waals surface area contributed by atoms with Crippen LogP contribution in [0.4, 0.5) is 0 Å². The molecule has 0 aromatic heterocycles. The third kappa shape index (κ3) is 28.8. The van der Waals surface area contributed by atoms with Gasteiger partial charge in [0, 0.05) is 13.8 Å². The molecule has 0 bridgehead atoms. The monoisotopic (exact) mass is 152 g/mol. The van der Waals surface area contributed by atoms with Crippen LogP contribution in [0.1, 0.15) is 13.8 Å². The van der Waals surface area contributed by atoms with Gasteiger partial charge in [-0.2, -0.15) is 10.5 Å². The van der Waals surface area contributed by atoms with E-state index in [1.54, 1.807) is 0 Å². The Labute approximate surface area is 56.8 Å². The summed E-state index contributed by atoms with van der Waals surface area (Å²) in [6.45, 7) is 2.22. The van der Waals surface area contributed by atoms with Crippen molar-refractivity contribution in [1.29, 1.82) is 0 Å². The van der Waals surface area contributed by atoms with E-state index in [-0.39, 0.29) is 0 Å². The average molecular weight is 152 g/mol. The first-order valence-corrected chi connectivity index (χ1v) is 2.18. The molecule has 0 aliphatic rings. The minimum absolute atomic E-state index is 0.690. The molecule has 2 N–H and O–H groups in total. The fraction of sp³-hybridized carbons (Fsp3) is 0.500. The van der Waals surface area contributed by atoms with Crippen LogP contribution in [0.25, 0.3) is 0 Å². The van der Waals surface area contributed by atoms with E-state index in [1.807, 2.05) is 0 Å². The predicted octanol–water partition coefficient (Wildman–Crippen LogP) is 0.0450. The standard InChI is InChI=1S/2C2H4O3/c2*1-2(3)5-4/h2*4H,1H3. The lowest BCUT2D eigenvalue weighted by molar-refractivity contribution is -0.231. The molecule has 6 heteroatoms. The highest BCUT2D eigenvalue weighted by Crippen LogP contribution is 1.60. The topological polar surface area (TPSA) is 93.1 Å². The number of hydrogen-bond donors (Lipinski definition) is 2. The Morgan fingerprint density at radius 3 is 1.10 bits per heavy atom. The summed E-state index contributed by atoms with van der Waals surface area (Å²) in [7, 11) is 0. The van der Waals surface area contributed by atoms with Crippen LogP contribution < -0.4 is 0 Å². The molecule has 0 rings (SSSR count). The Kier molecular flexibility index (Phi) is 9.14. The largest absolute Gasteiger partial charge is 0.339 e. The molecule has 0 aliphatic heterocycles. The van der Waals surface area contributed by atoms with Crippen molar-refractivity contribution in [2.45, 2.75) is 13.8 Å². The average Bonchev–Trinajstić information content (AvgIpc) is 1.89. The molecule has 0 unspecified atom stereocenters. The second-order valence-electron chi connectivity index (χ2n) is 1.17. The van der Waals surface area contributed by atoms with Crippen molar-refractivity contribution in [2.24, 2.45) is 0 Å². The molecule has 0 radical (unpaired) electrons. The van der Waals surface area contributed by atoms with Crippen LogP contribution >= 0.6 is 0 Å². The maximum absolute atomic E-state index is 9.34. The molecule has 60 valence electrons. The lowest BCUT2D eigenvalue weighted by Crippen LogP contribution is -1.89. The zero-order valence-electron chi connectivity index (χ0n) is 5.53. The Morgan fingerprint density at radius 1 is 1.00 bits per heavy atom. The molecule has 0 aliphatic carbocycles. The third-order valence-electron chi connectivity index (χ3n) is 0.257. The highest BCUT2D eigenvalue weighted by molar-refractivity contribution is 5.65. The maximum atomic E-state index is 9.34. The van der Waals surface area contributed by atoms with Gasteiger partial charge < -0.3 is 9.78 Å². The van der Waals surface area contributed by atoms with Crippen LogP contribution in [0.3, 0.4) is 0 Å². The molecule has 0 aromatic rings. The molecule has 0 atom stereocenters. The first kappa shape index (κ1) is 11.6. The lowest BCUT2D eigenvalue weighted by atomic mass is 10.9. The lowest BCUT2D eigenvalue weighted by Gasteiger charge is -1.76. The number of hydrogen-bond acceptors (Lipinski definition) is 6. The van der Waals surface area contributed by atoms with Crippen LogP contribution in [0.5, 0.6) is 0 Å². The van der Waals surface area contributed by atoms with Crippen molar-refractivity contribution in [1.82, 2.24) is 0 Å². The van der Waals surface area contributed by atoms with Gasteiger partial charge >= 0.3 is 11.9 Å². The van der Waals surface area contributed by atoms with Gasteiger partial charge in [-0.15, -0.1) is 0 Å². The van der Waals surface area contributed by atoms with Crippen molar-refractivity contribution in [2.75, 3.05) is 0 Å². The third-order valence-corrected chi connectivity index (χ3v) is 0.257. The second kappa shape index (κ2) is 7.86. The molecule has 0 amide bonds. The van der Waals surface area contributed by atoms with Crippen molar-refractivity contribution in [3.63, 3.8) is 0 Å². The van der Waals surface area contributed by atoms with Gasteiger partial charge in [-0.05, 0) is 0 Å². The Balaban J connectivity index is 0. The molecule has 0 aromatic carbocycles. The molecular weight excluding hydrogens is 144 g/mol. The highest BCUT2D eigenvalue weighted by atomic mass is 17.1. The van der Waals surface area contributed by atoms with Gasteiger partial charge in [0.2, 0.25) is 0 Å². The minimum atomic E-state index is -0.690. The predicted molar refractivity (Wildman–Crippen MR) is 28.8 cm³/mol. The van der Waals surface area contributed by atoms with Gasteiger partial charge in [0.05, 0.1) is 0 Å². The SMILES string of the molecule is CC(=O)OO.CC(=O)OO. The molecule has 0 saturated heterocycles. The molecule has 0 spiro atoms. The summed E-state index contributed by atoms with van der Waals surface area (Å²) in [5, 5.41) is 14.6. The number of rotatable bonds is 0. The number of carbonyl (C=O) groups is 2. The van der Waals surface area contributed by atoms with Crippen molar-refractivity contribution >= 4 is 11.9 Å². The molecule has 0 saturated carbocycles. The Morgan fingerprint density at radius 2 is 1.10 bits per heavy atom. The quantitative estimate of drug-likeness (QED) is 0.376.